The van der Waals surface area contributed by atoms with Crippen molar-refractivity contribution in [1.82, 2.24) is 25.9 Å². The van der Waals surface area contributed by atoms with Crippen molar-refractivity contribution in [2.45, 2.75) is 63.7 Å². The number of nitrogens with zero attached hydrogens (tertiary/aromatic N) is 5. The van der Waals surface area contributed by atoms with Crippen LogP contribution in [0.4, 0.5) is 24.8 Å². The number of hydrogen-bond acceptors (Lipinski definition) is 5. The molecule has 3 N–H and O–H groups in total. The van der Waals surface area contributed by atoms with E-state index < -0.39 is 18.6 Å². The predicted octanol–water partition coefficient (Wildman–Crippen LogP) is 7.43. The molecule has 45 heavy (non-hydrogen) atoms. The smallest absolute Gasteiger partial charge is 0.349 e. The van der Waals surface area contributed by atoms with Gasteiger partial charge in [0.05, 0.1) is 12.6 Å². The van der Waals surface area contributed by atoms with E-state index in [0.717, 1.165) is 24.0 Å². The molecule has 1 atom stereocenters. The van der Waals surface area contributed by atoms with Crippen LogP contribution in [0.1, 0.15) is 78.0 Å². The van der Waals surface area contributed by atoms with Gasteiger partial charge in [-0.05, 0) is 84.0 Å². The number of amides is 1. The van der Waals surface area contributed by atoms with E-state index in [2.05, 4.69) is 48.4 Å². The average Bonchev–Trinajstić information content (AvgIpc) is 3.56. The Morgan fingerprint density at radius 3 is 2.33 bits per heavy atom. The minimum absolute atomic E-state index is 0.0401. The molecule has 1 heterocycles. The summed E-state index contributed by atoms with van der Waals surface area (Å²) in [7, 11) is 0. The predicted molar refractivity (Wildman–Crippen MR) is 168 cm³/mol. The quantitative estimate of drug-likeness (QED) is 0.130. The largest absolute Gasteiger partial charge is 0.408 e. The van der Waals surface area contributed by atoms with E-state index in [0.29, 0.717) is 22.2 Å². The number of aliphatic imine (C=N–C) groups is 1. The molecule has 13 heteroatoms. The van der Waals surface area contributed by atoms with Gasteiger partial charge >= 0.3 is 6.18 Å². The van der Waals surface area contributed by atoms with Crippen LogP contribution >= 0.6 is 11.6 Å². The number of tetrazole rings is 1. The SMILES string of the molecule is CC(NC(=NCC(F)(F)F)N(Cc1ccc(C(=O)Nc2nn[nH]n2)cc1)c1ccc(C2CCCCC2)cc1)c1ccc(Cl)cc1. The second kappa shape index (κ2) is 14.6. The Hall–Kier alpha value is -4.45. The van der Waals surface area contributed by atoms with E-state index >= 15 is 0 Å². The Kier molecular flexibility index (Phi) is 10.3. The van der Waals surface area contributed by atoms with Crippen molar-refractivity contribution < 1.29 is 18.0 Å². The summed E-state index contributed by atoms with van der Waals surface area (Å²) >= 11 is 6.06. The number of halogens is 4. The van der Waals surface area contributed by atoms with Gasteiger partial charge in [-0.25, -0.2) is 4.99 Å². The van der Waals surface area contributed by atoms with Crippen LogP contribution in [-0.2, 0) is 6.54 Å². The van der Waals surface area contributed by atoms with Gasteiger partial charge in [0.2, 0.25) is 0 Å². The van der Waals surface area contributed by atoms with Crippen molar-refractivity contribution in [3.63, 3.8) is 0 Å². The highest BCUT2D eigenvalue weighted by Gasteiger charge is 2.28. The van der Waals surface area contributed by atoms with Crippen LogP contribution < -0.4 is 15.5 Å². The number of aromatic amines is 1. The fraction of sp³-hybridized carbons (Fsp3) is 0.344. The van der Waals surface area contributed by atoms with Crippen molar-refractivity contribution in [3.8, 4) is 0 Å². The lowest BCUT2D eigenvalue weighted by Gasteiger charge is -2.30. The Morgan fingerprint density at radius 1 is 1.02 bits per heavy atom. The van der Waals surface area contributed by atoms with Gasteiger partial charge in [-0.2, -0.15) is 18.4 Å². The van der Waals surface area contributed by atoms with Crippen molar-refractivity contribution in [1.29, 1.82) is 0 Å². The van der Waals surface area contributed by atoms with Gasteiger partial charge in [-0.15, -0.1) is 5.10 Å². The highest BCUT2D eigenvalue weighted by molar-refractivity contribution is 6.30. The second-order valence-corrected chi connectivity index (χ2v) is 11.5. The molecule has 0 aliphatic heterocycles. The van der Waals surface area contributed by atoms with Crippen LogP contribution in [0.25, 0.3) is 0 Å². The fourth-order valence-corrected chi connectivity index (χ4v) is 5.51. The van der Waals surface area contributed by atoms with E-state index in [1.165, 1.54) is 24.8 Å². The molecule has 1 saturated carbocycles. The van der Waals surface area contributed by atoms with E-state index in [-0.39, 0.29) is 24.5 Å². The second-order valence-electron chi connectivity index (χ2n) is 11.1. The first kappa shape index (κ1) is 32.0. The third-order valence-corrected chi connectivity index (χ3v) is 8.04. The standard InChI is InChI=1S/C32H34ClF3N8O/c1-21(23-11-15-27(33)16-12-23)38-31(37-20-32(34,35)36)44(28-17-13-25(14-18-28)24-5-3-2-4-6-24)19-22-7-9-26(10-8-22)29(45)39-30-40-42-43-41-30/h7-18,21,24H,2-6,19-20H2,1H3,(H,37,38)(H2,39,40,41,42,43,45). The molecule has 0 saturated heterocycles. The summed E-state index contributed by atoms with van der Waals surface area (Å²) in [5, 5.41) is 19.4. The lowest BCUT2D eigenvalue weighted by Crippen LogP contribution is -2.43. The lowest BCUT2D eigenvalue weighted by molar-refractivity contribution is -0.118. The summed E-state index contributed by atoms with van der Waals surface area (Å²) in [6, 6.07) is 21.5. The van der Waals surface area contributed by atoms with Crippen LogP contribution in [0.5, 0.6) is 0 Å². The first-order chi connectivity index (χ1) is 21.6. The Balaban J connectivity index is 1.45. The number of guanidine groups is 1. The summed E-state index contributed by atoms with van der Waals surface area (Å²) in [6.07, 6.45) is 1.41. The molecule has 9 nitrogen and oxygen atoms in total. The van der Waals surface area contributed by atoms with Gasteiger partial charge in [-0.3, -0.25) is 10.1 Å². The van der Waals surface area contributed by atoms with Crippen molar-refractivity contribution in [3.05, 3.63) is 100 Å². The van der Waals surface area contributed by atoms with Crippen molar-refractivity contribution in [2.75, 3.05) is 16.8 Å². The number of alkyl halides is 3. The maximum absolute atomic E-state index is 13.5. The third kappa shape index (κ3) is 9.04. The van der Waals surface area contributed by atoms with Gasteiger partial charge in [0.25, 0.3) is 11.9 Å². The molecule has 1 aliphatic rings. The number of aromatic nitrogens is 4. The van der Waals surface area contributed by atoms with E-state index in [4.69, 9.17) is 11.6 Å². The summed E-state index contributed by atoms with van der Waals surface area (Å²) in [5.41, 5.74) is 3.86. The minimum Gasteiger partial charge on any atom is -0.349 e. The Labute approximate surface area is 264 Å². The number of carbonyl (C=O) groups excluding carboxylic acids is 1. The molecule has 1 aliphatic carbocycles. The molecule has 4 aromatic rings. The number of carbonyl (C=O) groups is 1. The van der Waals surface area contributed by atoms with Crippen LogP contribution in [0.2, 0.25) is 5.02 Å². The first-order valence-corrected chi connectivity index (χ1v) is 15.2. The van der Waals surface area contributed by atoms with Gasteiger partial charge in [0, 0.05) is 16.3 Å². The molecule has 1 amide bonds. The van der Waals surface area contributed by atoms with Gasteiger partial charge < -0.3 is 10.2 Å². The molecule has 5 rings (SSSR count). The van der Waals surface area contributed by atoms with Gasteiger partial charge in [-0.1, -0.05) is 72.4 Å². The molecule has 0 bridgehead atoms. The first-order valence-electron chi connectivity index (χ1n) is 14.8. The molecule has 0 spiro atoms. The molecule has 1 unspecified atom stereocenters. The molecule has 3 aromatic carbocycles. The Bertz CT molecular complexity index is 1550. The van der Waals surface area contributed by atoms with Gasteiger partial charge in [0.15, 0.2) is 5.96 Å². The minimum atomic E-state index is -4.50. The number of anilines is 2. The number of rotatable bonds is 9. The van der Waals surface area contributed by atoms with E-state index in [9.17, 15) is 18.0 Å². The molecule has 0 radical (unpaired) electrons. The van der Waals surface area contributed by atoms with Crippen LogP contribution in [0.15, 0.2) is 77.8 Å². The van der Waals surface area contributed by atoms with Crippen LogP contribution in [0.3, 0.4) is 0 Å². The highest BCUT2D eigenvalue weighted by atomic mass is 35.5. The molecular weight excluding hydrogens is 605 g/mol. The van der Waals surface area contributed by atoms with Crippen molar-refractivity contribution >= 4 is 35.1 Å². The molecule has 1 fully saturated rings. The molecular formula is C32H34ClF3N8O. The monoisotopic (exact) mass is 638 g/mol. The summed E-state index contributed by atoms with van der Waals surface area (Å²) in [4.78, 5) is 18.4. The average molecular weight is 639 g/mol. The van der Waals surface area contributed by atoms with Gasteiger partial charge in [0.1, 0.15) is 6.54 Å². The third-order valence-electron chi connectivity index (χ3n) is 7.79. The maximum Gasteiger partial charge on any atom is 0.408 e. The van der Waals surface area contributed by atoms with Crippen LogP contribution in [0, 0.1) is 0 Å². The number of nitrogens with one attached hydrogen (secondary N) is 3. The number of benzene rings is 3. The summed E-state index contributed by atoms with van der Waals surface area (Å²) < 4.78 is 40.5. The maximum atomic E-state index is 13.5. The highest BCUT2D eigenvalue weighted by Crippen LogP contribution is 2.34. The zero-order valence-electron chi connectivity index (χ0n) is 24.7. The lowest BCUT2D eigenvalue weighted by atomic mass is 9.84. The topological polar surface area (TPSA) is 111 Å². The Morgan fingerprint density at radius 2 is 1.71 bits per heavy atom. The number of hydrogen-bond donors (Lipinski definition) is 3. The molecule has 1 aromatic heterocycles. The number of H-pyrrole nitrogens is 1. The zero-order chi connectivity index (χ0) is 31.8. The van der Waals surface area contributed by atoms with E-state index in [1.54, 1.807) is 41.3 Å². The molecule has 236 valence electrons. The fourth-order valence-electron chi connectivity index (χ4n) is 5.39. The normalized spacial score (nSPS) is 15.0. The van der Waals surface area contributed by atoms with Crippen LogP contribution in [-0.4, -0.2) is 45.2 Å². The summed E-state index contributed by atoms with van der Waals surface area (Å²) in [5.74, 6) is 0.162. The summed E-state index contributed by atoms with van der Waals surface area (Å²) in [6.45, 7) is 0.689. The zero-order valence-corrected chi connectivity index (χ0v) is 25.4. The van der Waals surface area contributed by atoms with E-state index in [1.807, 2.05) is 31.2 Å². The van der Waals surface area contributed by atoms with Crippen molar-refractivity contribution in [2.24, 2.45) is 4.99 Å².